The van der Waals surface area contributed by atoms with Crippen molar-refractivity contribution in [2.75, 3.05) is 6.54 Å². The maximum Gasteiger partial charge on any atom is -0.00460 e. The minimum Gasteiger partial charge on any atom is -0.330 e. The number of rotatable bonds is 2. The molecule has 0 radical (unpaired) electrons. The average Bonchev–Trinajstić information content (AvgIpc) is 2.45. The van der Waals surface area contributed by atoms with Gasteiger partial charge in [-0.15, -0.1) is 0 Å². The van der Waals surface area contributed by atoms with Gasteiger partial charge in [-0.3, -0.25) is 0 Å². The zero-order valence-electron chi connectivity index (χ0n) is 13.9. The summed E-state index contributed by atoms with van der Waals surface area (Å²) in [6, 6.07) is 0. The summed E-state index contributed by atoms with van der Waals surface area (Å²) in [6.45, 7) is 8.45. The molecule has 2 N–H and O–H groups in total. The maximum atomic E-state index is 6.10. The molecule has 0 saturated heterocycles. The summed E-state index contributed by atoms with van der Waals surface area (Å²) in [7, 11) is 0. The molecular weight excluding hydrogens is 242 g/mol. The molecule has 3 aliphatic carbocycles. The van der Waals surface area contributed by atoms with Crippen LogP contribution in [0.2, 0.25) is 0 Å². The highest BCUT2D eigenvalue weighted by atomic mass is 14.6. The maximum absolute atomic E-state index is 6.10. The molecule has 116 valence electrons. The smallest absolute Gasteiger partial charge is 0.00460 e. The lowest BCUT2D eigenvalue weighted by Crippen LogP contribution is -2.51. The molecule has 0 spiro atoms. The molecule has 3 saturated carbocycles. The molecule has 20 heavy (non-hydrogen) atoms. The highest BCUT2D eigenvalue weighted by molar-refractivity contribution is 5.02. The molecule has 0 heterocycles. The summed E-state index contributed by atoms with van der Waals surface area (Å²) in [5, 5.41) is 0. The highest BCUT2D eigenvalue weighted by Gasteiger charge is 2.52. The number of fused-ring (bicyclic) bond motifs is 3. The van der Waals surface area contributed by atoms with Crippen LogP contribution in [0.4, 0.5) is 0 Å². The van der Waals surface area contributed by atoms with Crippen molar-refractivity contribution in [3.05, 3.63) is 0 Å². The Morgan fingerprint density at radius 3 is 2.50 bits per heavy atom. The first-order valence-electron chi connectivity index (χ1n) is 9.26. The third-order valence-electron chi connectivity index (χ3n) is 7.67. The Labute approximate surface area is 126 Å². The normalized spacial score (nSPS) is 48.8. The predicted octanol–water partition coefficient (Wildman–Crippen LogP) is 4.85. The lowest BCUT2D eigenvalue weighted by atomic mass is 9.47. The van der Waals surface area contributed by atoms with Crippen LogP contribution in [-0.4, -0.2) is 6.54 Å². The topological polar surface area (TPSA) is 26.0 Å². The van der Waals surface area contributed by atoms with Crippen LogP contribution in [0.5, 0.6) is 0 Å². The van der Waals surface area contributed by atoms with Crippen LogP contribution < -0.4 is 5.73 Å². The molecule has 6 atom stereocenters. The van der Waals surface area contributed by atoms with Crippen LogP contribution in [-0.2, 0) is 0 Å². The Balaban J connectivity index is 1.77. The van der Waals surface area contributed by atoms with Crippen LogP contribution in [0.25, 0.3) is 0 Å². The van der Waals surface area contributed by atoms with E-state index < -0.39 is 0 Å². The second kappa shape index (κ2) is 5.63. The van der Waals surface area contributed by atoms with E-state index in [9.17, 15) is 0 Å². The van der Waals surface area contributed by atoms with E-state index >= 15 is 0 Å². The van der Waals surface area contributed by atoms with E-state index in [0.717, 1.165) is 42.1 Å². The van der Waals surface area contributed by atoms with Crippen molar-refractivity contribution in [1.82, 2.24) is 0 Å². The Hall–Kier alpha value is -0.0400. The van der Waals surface area contributed by atoms with Gasteiger partial charge in [-0.1, -0.05) is 27.2 Å². The van der Waals surface area contributed by atoms with Crippen LogP contribution in [0.1, 0.15) is 72.1 Å². The van der Waals surface area contributed by atoms with E-state index in [-0.39, 0.29) is 0 Å². The van der Waals surface area contributed by atoms with Gasteiger partial charge < -0.3 is 5.73 Å². The van der Waals surface area contributed by atoms with Crippen molar-refractivity contribution in [2.45, 2.75) is 72.1 Å². The van der Waals surface area contributed by atoms with Gasteiger partial charge in [0, 0.05) is 0 Å². The first-order valence-corrected chi connectivity index (χ1v) is 9.26. The Morgan fingerprint density at radius 2 is 1.80 bits per heavy atom. The van der Waals surface area contributed by atoms with Crippen LogP contribution in [0.15, 0.2) is 0 Å². The first-order chi connectivity index (χ1) is 9.56. The monoisotopic (exact) mass is 277 g/mol. The van der Waals surface area contributed by atoms with Crippen LogP contribution in [0.3, 0.4) is 0 Å². The van der Waals surface area contributed by atoms with Gasteiger partial charge in [0.2, 0.25) is 0 Å². The zero-order chi connectivity index (χ0) is 14.3. The SMILES string of the molecule is CC(C)C1CCC2C(CCC3C(CN)CCCC32C)C1. The third kappa shape index (κ3) is 2.34. The first kappa shape index (κ1) is 14.9. The fourth-order valence-electron chi connectivity index (χ4n) is 6.46. The van der Waals surface area contributed by atoms with Gasteiger partial charge in [0.05, 0.1) is 0 Å². The van der Waals surface area contributed by atoms with Gasteiger partial charge in [-0.05, 0) is 92.4 Å². The Kier molecular flexibility index (Phi) is 4.19. The number of hydrogen-bond acceptors (Lipinski definition) is 1. The van der Waals surface area contributed by atoms with E-state index in [2.05, 4.69) is 20.8 Å². The summed E-state index contributed by atoms with van der Waals surface area (Å²) < 4.78 is 0. The van der Waals surface area contributed by atoms with Crippen molar-refractivity contribution in [3.63, 3.8) is 0 Å². The van der Waals surface area contributed by atoms with Gasteiger partial charge in [-0.25, -0.2) is 0 Å². The van der Waals surface area contributed by atoms with Crippen molar-refractivity contribution in [3.8, 4) is 0 Å². The molecule has 6 unspecified atom stereocenters. The van der Waals surface area contributed by atoms with E-state index in [1.54, 1.807) is 0 Å². The predicted molar refractivity (Wildman–Crippen MR) is 86.4 cm³/mol. The molecule has 0 aromatic carbocycles. The average molecular weight is 277 g/mol. The van der Waals surface area contributed by atoms with Crippen molar-refractivity contribution in [2.24, 2.45) is 46.7 Å². The van der Waals surface area contributed by atoms with Gasteiger partial charge in [0.25, 0.3) is 0 Å². The summed E-state index contributed by atoms with van der Waals surface area (Å²) in [5.41, 5.74) is 6.73. The molecule has 1 heteroatoms. The molecule has 1 nitrogen and oxygen atoms in total. The fourth-order valence-corrected chi connectivity index (χ4v) is 6.46. The molecule has 3 rings (SSSR count). The van der Waals surface area contributed by atoms with Gasteiger partial charge in [0.1, 0.15) is 0 Å². The van der Waals surface area contributed by atoms with E-state index in [4.69, 9.17) is 5.73 Å². The van der Waals surface area contributed by atoms with Gasteiger partial charge in [0.15, 0.2) is 0 Å². The lowest BCUT2D eigenvalue weighted by Gasteiger charge is -2.59. The minimum atomic E-state index is 0.632. The van der Waals surface area contributed by atoms with Gasteiger partial charge in [-0.2, -0.15) is 0 Å². The molecular formula is C19H35N. The van der Waals surface area contributed by atoms with Crippen molar-refractivity contribution < 1.29 is 0 Å². The van der Waals surface area contributed by atoms with Crippen LogP contribution in [0, 0.1) is 40.9 Å². The molecule has 0 aliphatic heterocycles. The summed E-state index contributed by atoms with van der Waals surface area (Å²) in [5.74, 6) is 5.73. The molecule has 0 amide bonds. The minimum absolute atomic E-state index is 0.632. The number of nitrogens with two attached hydrogens (primary N) is 1. The quantitative estimate of drug-likeness (QED) is 0.767. The lowest BCUT2D eigenvalue weighted by molar-refractivity contribution is -0.0889. The highest BCUT2D eigenvalue weighted by Crippen LogP contribution is 2.61. The van der Waals surface area contributed by atoms with Gasteiger partial charge >= 0.3 is 0 Å². The second-order valence-electron chi connectivity index (χ2n) is 8.76. The molecule has 0 bridgehead atoms. The molecule has 3 fully saturated rings. The molecule has 0 aromatic rings. The van der Waals surface area contributed by atoms with Crippen LogP contribution >= 0.6 is 0 Å². The zero-order valence-corrected chi connectivity index (χ0v) is 13.9. The Bertz CT molecular complexity index is 337. The summed E-state index contributed by atoms with van der Waals surface area (Å²) in [6.07, 6.45) is 11.8. The number of hydrogen-bond donors (Lipinski definition) is 1. The van der Waals surface area contributed by atoms with E-state index in [0.29, 0.717) is 5.41 Å². The van der Waals surface area contributed by atoms with Crippen molar-refractivity contribution in [1.29, 1.82) is 0 Å². The van der Waals surface area contributed by atoms with E-state index in [1.165, 1.54) is 51.4 Å². The third-order valence-corrected chi connectivity index (χ3v) is 7.67. The van der Waals surface area contributed by atoms with E-state index in [1.807, 2.05) is 0 Å². The van der Waals surface area contributed by atoms with Crippen molar-refractivity contribution >= 4 is 0 Å². The second-order valence-corrected chi connectivity index (χ2v) is 8.76. The fraction of sp³-hybridized carbons (Fsp3) is 1.00. The summed E-state index contributed by atoms with van der Waals surface area (Å²) in [4.78, 5) is 0. The Morgan fingerprint density at radius 1 is 1.05 bits per heavy atom. The summed E-state index contributed by atoms with van der Waals surface area (Å²) >= 11 is 0. The molecule has 3 aliphatic rings. The standard InChI is InChI=1S/C19H35N/c1-13(2)14-6-8-17-15(11-14)7-9-18-16(12-20)5-4-10-19(17,18)3/h13-18H,4-12,20H2,1-3H3. The largest absolute Gasteiger partial charge is 0.330 e. The molecule has 0 aromatic heterocycles.